The topological polar surface area (TPSA) is 149 Å². The molecule has 3 aromatic rings. The van der Waals surface area contributed by atoms with Crippen LogP contribution in [0.3, 0.4) is 0 Å². The van der Waals surface area contributed by atoms with E-state index < -0.39 is 20.9 Å². The van der Waals surface area contributed by atoms with Crippen LogP contribution in [-0.4, -0.2) is 100 Å². The predicted molar refractivity (Wildman–Crippen MR) is 201 cm³/mol. The second kappa shape index (κ2) is 15.8. The molecule has 13 nitrogen and oxygen atoms in total. The molecule has 0 aliphatic carbocycles. The van der Waals surface area contributed by atoms with Crippen molar-refractivity contribution in [1.29, 1.82) is 0 Å². The van der Waals surface area contributed by atoms with Crippen molar-refractivity contribution < 1.29 is 22.9 Å². The van der Waals surface area contributed by atoms with Crippen molar-refractivity contribution in [2.24, 2.45) is 5.92 Å². The summed E-state index contributed by atoms with van der Waals surface area (Å²) < 4.78 is 33.7. The molecule has 14 heteroatoms. The summed E-state index contributed by atoms with van der Waals surface area (Å²) in [5.41, 5.74) is 3.55. The van der Waals surface area contributed by atoms with Crippen molar-refractivity contribution >= 4 is 38.7 Å². The van der Waals surface area contributed by atoms with Crippen LogP contribution in [-0.2, 0) is 21.3 Å². The molecule has 278 valence electrons. The lowest BCUT2D eigenvalue weighted by atomic mass is 9.97. The van der Waals surface area contributed by atoms with Gasteiger partial charge in [0.2, 0.25) is 0 Å². The van der Waals surface area contributed by atoms with E-state index in [4.69, 9.17) is 4.74 Å². The number of anilines is 3. The van der Waals surface area contributed by atoms with Gasteiger partial charge in [-0.2, -0.15) is 0 Å². The minimum Gasteiger partial charge on any atom is -0.382 e. The Hall–Kier alpha value is -4.24. The smallest absolute Gasteiger partial charge is 0.293 e. The number of nitrogens with zero attached hydrogens (tertiary/aromatic N) is 4. The first-order valence-electron chi connectivity index (χ1n) is 18.4. The van der Waals surface area contributed by atoms with Gasteiger partial charge in [0.15, 0.2) is 0 Å². The number of piperazine rings is 1. The molecule has 4 heterocycles. The molecular weight excluding hydrogens is 683 g/mol. The maximum absolute atomic E-state index is 13.1. The Morgan fingerprint density at radius 1 is 0.904 bits per heavy atom. The number of hydrogen-bond donors (Lipinski definition) is 3. The van der Waals surface area contributed by atoms with Crippen molar-refractivity contribution in [1.82, 2.24) is 14.5 Å². The number of carbonyl (C=O) groups excluding carboxylic acids is 1. The van der Waals surface area contributed by atoms with E-state index in [1.807, 2.05) is 12.1 Å². The van der Waals surface area contributed by atoms with Crippen LogP contribution in [0.5, 0.6) is 0 Å². The second-order valence-corrected chi connectivity index (χ2v) is 16.3. The SMILES string of the molecule is CN1[C@@H]2CC[C@H]1CC(Nc1ccccc1CN1CCN(c3ccc(C(=O)NS(=O)(=O)c4ccc(NCC5CCOCC5)c([N+](=O)[O-])c4)cc3)CC1)C2. The molecule has 1 unspecified atom stereocenters. The molecule has 3 atom stereocenters. The third kappa shape index (κ3) is 8.35. The number of para-hydroxylation sites is 1. The highest BCUT2D eigenvalue weighted by Crippen LogP contribution is 2.36. The normalized spacial score (nSPS) is 22.9. The van der Waals surface area contributed by atoms with Crippen LogP contribution < -0.4 is 20.3 Å². The standard InChI is InChI=1S/C38H49N7O6S/c1-42-32-10-11-33(42)23-30(22-32)40-35-5-3-2-4-29(35)26-43-16-18-44(19-17-43)31-8-6-28(7-9-31)38(46)41-52(49,50)34-12-13-36(37(24-34)45(47)48)39-25-27-14-20-51-21-15-27/h2-9,12-13,24,27,30,32-33,39-40H,10-11,14-23,25-26H2,1H3,(H,41,46)/t30?,32-,33+. The lowest BCUT2D eigenvalue weighted by Gasteiger charge is -2.38. The number of nitrogens with one attached hydrogen (secondary N) is 3. The number of benzene rings is 3. The molecule has 1 amide bonds. The fourth-order valence-corrected chi connectivity index (χ4v) is 9.19. The van der Waals surface area contributed by atoms with Gasteiger partial charge in [0, 0.05) is 93.6 Å². The third-order valence-corrected chi connectivity index (χ3v) is 12.7. The molecule has 4 saturated heterocycles. The number of nitro groups is 1. The lowest BCUT2D eigenvalue weighted by Crippen LogP contribution is -2.46. The monoisotopic (exact) mass is 731 g/mol. The number of nitro benzene ring substituents is 1. The summed E-state index contributed by atoms with van der Waals surface area (Å²) in [7, 11) is -2.09. The van der Waals surface area contributed by atoms with Gasteiger partial charge in [-0.05, 0) is 99.5 Å². The number of rotatable bonds is 12. The van der Waals surface area contributed by atoms with Gasteiger partial charge in [0.05, 0.1) is 9.82 Å². The van der Waals surface area contributed by atoms with Gasteiger partial charge >= 0.3 is 0 Å². The maximum Gasteiger partial charge on any atom is 0.293 e. The van der Waals surface area contributed by atoms with E-state index >= 15 is 0 Å². The number of carbonyl (C=O) groups is 1. The number of ether oxygens (including phenoxy) is 1. The fourth-order valence-electron chi connectivity index (χ4n) is 8.20. The molecule has 0 spiro atoms. The van der Waals surface area contributed by atoms with Crippen LogP contribution in [0.4, 0.5) is 22.7 Å². The highest BCUT2D eigenvalue weighted by atomic mass is 32.2. The van der Waals surface area contributed by atoms with E-state index in [1.165, 1.54) is 49.1 Å². The van der Waals surface area contributed by atoms with E-state index in [9.17, 15) is 23.3 Å². The number of sulfonamides is 1. The summed E-state index contributed by atoms with van der Waals surface area (Å²) in [6, 6.07) is 21.1. The van der Waals surface area contributed by atoms with Gasteiger partial charge in [0.25, 0.3) is 21.6 Å². The van der Waals surface area contributed by atoms with Crippen molar-refractivity contribution in [2.45, 2.75) is 68.1 Å². The molecule has 7 rings (SSSR count). The Kier molecular flexibility index (Phi) is 11.0. The van der Waals surface area contributed by atoms with E-state index in [2.05, 4.69) is 61.4 Å². The Labute approximate surface area is 305 Å². The summed E-state index contributed by atoms with van der Waals surface area (Å²) in [5.74, 6) is -0.493. The minimum atomic E-state index is -4.37. The molecular formula is C38H49N7O6S. The summed E-state index contributed by atoms with van der Waals surface area (Å²) >= 11 is 0. The Morgan fingerprint density at radius 3 is 2.29 bits per heavy atom. The zero-order valence-electron chi connectivity index (χ0n) is 29.7. The molecule has 3 N–H and O–H groups in total. The largest absolute Gasteiger partial charge is 0.382 e. The van der Waals surface area contributed by atoms with Crippen LogP contribution in [0.2, 0.25) is 0 Å². The van der Waals surface area contributed by atoms with E-state index in [1.54, 1.807) is 12.1 Å². The highest BCUT2D eigenvalue weighted by Gasteiger charge is 2.38. The minimum absolute atomic E-state index is 0.178. The highest BCUT2D eigenvalue weighted by molar-refractivity contribution is 7.90. The average molecular weight is 732 g/mol. The first-order chi connectivity index (χ1) is 25.1. The molecule has 4 fully saturated rings. The average Bonchev–Trinajstić information content (AvgIpc) is 3.34. The second-order valence-electron chi connectivity index (χ2n) is 14.6. The lowest BCUT2D eigenvalue weighted by molar-refractivity contribution is -0.384. The molecule has 52 heavy (non-hydrogen) atoms. The van der Waals surface area contributed by atoms with E-state index in [-0.39, 0.29) is 21.8 Å². The first-order valence-corrected chi connectivity index (χ1v) is 19.9. The van der Waals surface area contributed by atoms with Crippen molar-refractivity contribution in [3.8, 4) is 0 Å². The number of piperidine rings is 1. The van der Waals surface area contributed by atoms with Crippen LogP contribution in [0, 0.1) is 16.0 Å². The van der Waals surface area contributed by atoms with Gasteiger partial charge < -0.3 is 25.2 Å². The Bertz CT molecular complexity index is 1830. The molecule has 0 radical (unpaired) electrons. The maximum atomic E-state index is 13.1. The number of fused-ring (bicyclic) bond motifs is 2. The summed E-state index contributed by atoms with van der Waals surface area (Å²) in [5, 5.41) is 18.8. The number of hydrogen-bond acceptors (Lipinski definition) is 11. The van der Waals surface area contributed by atoms with Gasteiger partial charge in [0.1, 0.15) is 5.69 Å². The quantitative estimate of drug-likeness (QED) is 0.172. The molecule has 4 aliphatic heterocycles. The third-order valence-electron chi connectivity index (χ3n) is 11.4. The summed E-state index contributed by atoms with van der Waals surface area (Å²) in [4.78, 5) is 31.2. The van der Waals surface area contributed by atoms with Crippen LogP contribution in [0.15, 0.2) is 71.6 Å². The summed E-state index contributed by atoms with van der Waals surface area (Å²) in [6.45, 7) is 6.13. The van der Waals surface area contributed by atoms with Crippen molar-refractivity contribution in [3.05, 3.63) is 88.0 Å². The van der Waals surface area contributed by atoms with Gasteiger partial charge in [-0.1, -0.05) is 18.2 Å². The molecule has 3 aromatic carbocycles. The van der Waals surface area contributed by atoms with E-state index in [0.717, 1.165) is 57.3 Å². The zero-order valence-corrected chi connectivity index (χ0v) is 30.5. The first kappa shape index (κ1) is 36.1. The van der Waals surface area contributed by atoms with Crippen LogP contribution in [0.25, 0.3) is 0 Å². The summed E-state index contributed by atoms with van der Waals surface area (Å²) in [6.07, 6.45) is 6.72. The Balaban J connectivity index is 0.914. The Morgan fingerprint density at radius 2 is 1.60 bits per heavy atom. The molecule has 0 aromatic heterocycles. The van der Waals surface area contributed by atoms with Crippen molar-refractivity contribution in [3.63, 3.8) is 0 Å². The molecule has 4 aliphatic rings. The van der Waals surface area contributed by atoms with Crippen molar-refractivity contribution in [2.75, 3.05) is 68.5 Å². The zero-order chi connectivity index (χ0) is 36.2. The number of amides is 1. The molecule has 0 saturated carbocycles. The predicted octanol–water partition coefficient (Wildman–Crippen LogP) is 4.91. The van der Waals surface area contributed by atoms with Crippen LogP contribution in [0.1, 0.15) is 54.4 Å². The van der Waals surface area contributed by atoms with E-state index in [0.29, 0.717) is 43.8 Å². The van der Waals surface area contributed by atoms with Gasteiger partial charge in [-0.3, -0.25) is 19.8 Å². The van der Waals surface area contributed by atoms with Gasteiger partial charge in [-0.25, -0.2) is 13.1 Å². The molecule has 2 bridgehead atoms. The van der Waals surface area contributed by atoms with Gasteiger partial charge in [-0.15, -0.1) is 0 Å². The fraction of sp³-hybridized carbons (Fsp3) is 0.500. The van der Waals surface area contributed by atoms with Crippen LogP contribution >= 0.6 is 0 Å².